The van der Waals surface area contributed by atoms with Crippen LogP contribution in [0.15, 0.2) is 4.42 Å². The van der Waals surface area contributed by atoms with Crippen LogP contribution in [0.2, 0.25) is 0 Å². The van der Waals surface area contributed by atoms with Crippen LogP contribution in [-0.2, 0) is 6.54 Å². The molecule has 1 saturated heterocycles. The van der Waals surface area contributed by atoms with E-state index in [0.29, 0.717) is 17.7 Å². The summed E-state index contributed by atoms with van der Waals surface area (Å²) in [4.78, 5) is 2.28. The van der Waals surface area contributed by atoms with Crippen molar-refractivity contribution in [2.45, 2.75) is 32.9 Å². The second-order valence-corrected chi connectivity index (χ2v) is 4.38. The fraction of sp³-hybridized carbons (Fsp3) is 0.800. The lowest BCUT2D eigenvalue weighted by molar-refractivity contribution is 0.150. The number of hydrogen-bond acceptors (Lipinski definition) is 5. The molecule has 84 valence electrons. The highest BCUT2D eigenvalue weighted by molar-refractivity contribution is 4.85. The molecule has 2 rings (SSSR count). The predicted octanol–water partition coefficient (Wildman–Crippen LogP) is 0.547. The summed E-state index contributed by atoms with van der Waals surface area (Å²) in [7, 11) is 0. The lowest BCUT2D eigenvalue weighted by atomic mass is 9.94. The topological polar surface area (TPSA) is 68.2 Å². The SMILES string of the molecule is Cc1nnc(CN2CCC(C)C(N)C2)o1. The number of likely N-dealkylation sites (tertiary alicyclic amines) is 1. The smallest absolute Gasteiger partial charge is 0.230 e. The van der Waals surface area contributed by atoms with Gasteiger partial charge in [0, 0.05) is 19.5 Å². The van der Waals surface area contributed by atoms with Crippen LogP contribution in [-0.4, -0.2) is 34.2 Å². The molecule has 0 aromatic carbocycles. The maximum atomic E-state index is 6.02. The lowest BCUT2D eigenvalue weighted by Gasteiger charge is -2.34. The molecular formula is C10H18N4O. The van der Waals surface area contributed by atoms with Crippen LogP contribution in [0.3, 0.4) is 0 Å². The molecule has 1 aromatic heterocycles. The highest BCUT2D eigenvalue weighted by Gasteiger charge is 2.23. The molecule has 0 amide bonds. The van der Waals surface area contributed by atoms with Crippen molar-refractivity contribution in [1.82, 2.24) is 15.1 Å². The Balaban J connectivity index is 1.90. The molecule has 1 aromatic rings. The monoisotopic (exact) mass is 210 g/mol. The summed E-state index contributed by atoms with van der Waals surface area (Å²) in [5.74, 6) is 1.93. The van der Waals surface area contributed by atoms with Gasteiger partial charge in [-0.15, -0.1) is 10.2 Å². The van der Waals surface area contributed by atoms with Crippen molar-refractivity contribution in [2.75, 3.05) is 13.1 Å². The molecule has 15 heavy (non-hydrogen) atoms. The molecule has 5 heteroatoms. The van der Waals surface area contributed by atoms with Gasteiger partial charge in [-0.1, -0.05) is 6.92 Å². The zero-order valence-electron chi connectivity index (χ0n) is 9.31. The van der Waals surface area contributed by atoms with E-state index in [1.165, 1.54) is 0 Å². The van der Waals surface area contributed by atoms with Crippen molar-refractivity contribution >= 4 is 0 Å². The number of nitrogens with zero attached hydrogens (tertiary/aromatic N) is 3. The minimum atomic E-state index is 0.266. The molecular weight excluding hydrogens is 192 g/mol. The Morgan fingerprint density at radius 1 is 1.53 bits per heavy atom. The largest absolute Gasteiger partial charge is 0.424 e. The molecule has 1 fully saturated rings. The minimum Gasteiger partial charge on any atom is -0.424 e. The summed E-state index contributed by atoms with van der Waals surface area (Å²) < 4.78 is 5.34. The summed E-state index contributed by atoms with van der Waals surface area (Å²) in [6, 6.07) is 0.266. The van der Waals surface area contributed by atoms with Gasteiger partial charge in [-0.3, -0.25) is 4.90 Å². The maximum absolute atomic E-state index is 6.02. The van der Waals surface area contributed by atoms with E-state index >= 15 is 0 Å². The molecule has 0 saturated carbocycles. The van der Waals surface area contributed by atoms with E-state index in [0.717, 1.165) is 26.1 Å². The van der Waals surface area contributed by atoms with Crippen LogP contribution in [0.25, 0.3) is 0 Å². The van der Waals surface area contributed by atoms with Crippen LogP contribution in [0.5, 0.6) is 0 Å². The van der Waals surface area contributed by atoms with Crippen molar-refractivity contribution in [3.05, 3.63) is 11.8 Å². The summed E-state index contributed by atoms with van der Waals surface area (Å²) in [5, 5.41) is 7.80. The molecule has 1 aliphatic heterocycles. The van der Waals surface area contributed by atoms with Gasteiger partial charge in [-0.05, 0) is 18.9 Å². The van der Waals surface area contributed by atoms with Gasteiger partial charge in [0.05, 0.1) is 6.54 Å². The first-order chi connectivity index (χ1) is 7.15. The second-order valence-electron chi connectivity index (χ2n) is 4.38. The first kappa shape index (κ1) is 10.6. The molecule has 2 unspecified atom stereocenters. The molecule has 0 spiro atoms. The van der Waals surface area contributed by atoms with E-state index in [1.807, 2.05) is 0 Å². The van der Waals surface area contributed by atoms with Crippen LogP contribution in [0.1, 0.15) is 25.1 Å². The van der Waals surface area contributed by atoms with Gasteiger partial charge < -0.3 is 10.2 Å². The number of nitrogens with two attached hydrogens (primary N) is 1. The van der Waals surface area contributed by atoms with Crippen molar-refractivity contribution in [3.8, 4) is 0 Å². The third kappa shape index (κ3) is 2.54. The Bertz CT molecular complexity index is 325. The summed E-state index contributed by atoms with van der Waals surface area (Å²) in [6.07, 6.45) is 1.15. The van der Waals surface area contributed by atoms with Gasteiger partial charge in [0.25, 0.3) is 0 Å². The standard InChI is InChI=1S/C10H18N4O/c1-7-3-4-14(5-9(7)11)6-10-13-12-8(2)15-10/h7,9H,3-6,11H2,1-2H3. The normalized spacial score (nSPS) is 28.2. The quantitative estimate of drug-likeness (QED) is 0.772. The minimum absolute atomic E-state index is 0.266. The molecule has 2 heterocycles. The Kier molecular flexibility index (Phi) is 3.02. The van der Waals surface area contributed by atoms with Gasteiger partial charge in [-0.25, -0.2) is 0 Å². The average Bonchev–Trinajstić information content (AvgIpc) is 2.58. The maximum Gasteiger partial charge on any atom is 0.230 e. The Labute approximate surface area is 89.6 Å². The van der Waals surface area contributed by atoms with Crippen molar-refractivity contribution in [3.63, 3.8) is 0 Å². The van der Waals surface area contributed by atoms with E-state index in [2.05, 4.69) is 22.0 Å². The van der Waals surface area contributed by atoms with Crippen molar-refractivity contribution in [2.24, 2.45) is 11.7 Å². The highest BCUT2D eigenvalue weighted by Crippen LogP contribution is 2.17. The lowest BCUT2D eigenvalue weighted by Crippen LogP contribution is -2.47. The molecule has 2 N–H and O–H groups in total. The third-order valence-electron chi connectivity index (χ3n) is 3.03. The Morgan fingerprint density at radius 2 is 2.33 bits per heavy atom. The first-order valence-corrected chi connectivity index (χ1v) is 5.42. The second kappa shape index (κ2) is 4.28. The fourth-order valence-electron chi connectivity index (χ4n) is 1.91. The molecule has 0 aliphatic carbocycles. The van der Waals surface area contributed by atoms with E-state index in [-0.39, 0.29) is 6.04 Å². The van der Waals surface area contributed by atoms with Crippen LogP contribution < -0.4 is 5.73 Å². The van der Waals surface area contributed by atoms with Crippen molar-refractivity contribution in [1.29, 1.82) is 0 Å². The molecule has 0 bridgehead atoms. The van der Waals surface area contributed by atoms with E-state index in [1.54, 1.807) is 6.92 Å². The number of aryl methyl sites for hydroxylation is 1. The number of hydrogen-bond donors (Lipinski definition) is 1. The van der Waals surface area contributed by atoms with E-state index < -0.39 is 0 Å². The van der Waals surface area contributed by atoms with Gasteiger partial charge >= 0.3 is 0 Å². The van der Waals surface area contributed by atoms with Gasteiger partial charge in [0.2, 0.25) is 11.8 Å². The Morgan fingerprint density at radius 3 is 2.93 bits per heavy atom. The summed E-state index contributed by atoms with van der Waals surface area (Å²) in [6.45, 7) is 6.72. The first-order valence-electron chi connectivity index (χ1n) is 5.42. The zero-order chi connectivity index (χ0) is 10.8. The summed E-state index contributed by atoms with van der Waals surface area (Å²) >= 11 is 0. The molecule has 2 atom stereocenters. The van der Waals surface area contributed by atoms with Gasteiger partial charge in [0.15, 0.2) is 0 Å². The molecule has 1 aliphatic rings. The number of rotatable bonds is 2. The van der Waals surface area contributed by atoms with Crippen LogP contribution in [0, 0.1) is 12.8 Å². The fourth-order valence-corrected chi connectivity index (χ4v) is 1.91. The summed E-state index contributed by atoms with van der Waals surface area (Å²) in [5.41, 5.74) is 6.02. The van der Waals surface area contributed by atoms with Gasteiger partial charge in [-0.2, -0.15) is 0 Å². The van der Waals surface area contributed by atoms with Crippen molar-refractivity contribution < 1.29 is 4.42 Å². The highest BCUT2D eigenvalue weighted by atomic mass is 16.4. The van der Waals surface area contributed by atoms with Crippen LogP contribution in [0.4, 0.5) is 0 Å². The van der Waals surface area contributed by atoms with E-state index in [4.69, 9.17) is 10.2 Å². The number of piperidine rings is 1. The average molecular weight is 210 g/mol. The third-order valence-corrected chi connectivity index (χ3v) is 3.03. The van der Waals surface area contributed by atoms with Crippen LogP contribution >= 0.6 is 0 Å². The number of aromatic nitrogens is 2. The Hall–Kier alpha value is -0.940. The zero-order valence-corrected chi connectivity index (χ0v) is 9.31. The molecule has 0 radical (unpaired) electrons. The van der Waals surface area contributed by atoms with Gasteiger partial charge in [0.1, 0.15) is 0 Å². The predicted molar refractivity (Wildman–Crippen MR) is 56.1 cm³/mol. The van der Waals surface area contributed by atoms with E-state index in [9.17, 15) is 0 Å². The molecule has 5 nitrogen and oxygen atoms in total.